The van der Waals surface area contributed by atoms with Gasteiger partial charge in [-0.15, -0.1) is 0 Å². The van der Waals surface area contributed by atoms with Crippen molar-refractivity contribution in [2.75, 3.05) is 0 Å². The Morgan fingerprint density at radius 1 is 0.929 bits per heavy atom. The summed E-state index contributed by atoms with van der Waals surface area (Å²) in [5.74, 6) is -2.76. The van der Waals surface area contributed by atoms with Crippen LogP contribution in [0.5, 0.6) is 5.75 Å². The number of carboxylic acid groups (broad SMARTS) is 1. The number of carbonyl (C=O) groups is 4. The van der Waals surface area contributed by atoms with Crippen LogP contribution in [-0.4, -0.2) is 53.0 Å². The molecule has 2 heterocycles. The van der Waals surface area contributed by atoms with Crippen molar-refractivity contribution in [1.29, 1.82) is 0 Å². The lowest BCUT2D eigenvalue weighted by Crippen LogP contribution is -2.61. The number of fused-ring (bicyclic) bond motifs is 11. The molecule has 1 unspecified atom stereocenters. The summed E-state index contributed by atoms with van der Waals surface area (Å²) in [6.45, 7) is 3.75. The Balaban J connectivity index is 1.70. The summed E-state index contributed by atoms with van der Waals surface area (Å²) in [7, 11) is 0. The van der Waals surface area contributed by atoms with Crippen molar-refractivity contribution >= 4 is 29.8 Å². The molecule has 218 valence electrons. The third kappa shape index (κ3) is 8.30. The minimum absolute atomic E-state index is 0.0490. The van der Waals surface area contributed by atoms with E-state index in [9.17, 15) is 24.3 Å². The number of ether oxygens (including phenoxy) is 1. The van der Waals surface area contributed by atoms with Gasteiger partial charge in [0.05, 0.1) is 0 Å². The first-order valence-electron chi connectivity index (χ1n) is 13.9. The number of benzene rings is 3. The molecule has 0 aromatic heterocycles. The van der Waals surface area contributed by atoms with E-state index >= 15 is 0 Å². The zero-order chi connectivity index (χ0) is 30.1. The van der Waals surface area contributed by atoms with E-state index < -0.39 is 47.9 Å². The summed E-state index contributed by atoms with van der Waals surface area (Å²) in [5, 5.41) is 18.0. The molecule has 4 atom stereocenters. The van der Waals surface area contributed by atoms with Crippen molar-refractivity contribution in [1.82, 2.24) is 16.0 Å². The standard InChI is InChI=1S/C33H35N3O6/c1-21(2)30-29(36-28(37)18-15-22-9-5-3-6-10-22)32(39)34-26(19-23-11-7-4-8-12-23)31(38)35-27(33(40)41)20-24-13-16-25(42-30)17-14-24/h3-18,21,26-27,29-30H,19-20H2,1-2H3,(H,34,39)(H,35,38)(H,36,37)(H,40,41)/b18-15+/t26-,27-,29-,30?/m0/s1. The zero-order valence-electron chi connectivity index (χ0n) is 23.5. The van der Waals surface area contributed by atoms with Crippen molar-refractivity contribution in [2.45, 2.75) is 50.9 Å². The second-order valence-electron chi connectivity index (χ2n) is 10.6. The van der Waals surface area contributed by atoms with Gasteiger partial charge >= 0.3 is 5.97 Å². The molecule has 9 nitrogen and oxygen atoms in total. The van der Waals surface area contributed by atoms with Crippen molar-refractivity contribution in [2.24, 2.45) is 5.92 Å². The maximum absolute atomic E-state index is 13.9. The van der Waals surface area contributed by atoms with Crippen LogP contribution in [-0.2, 0) is 32.0 Å². The molecule has 2 aliphatic rings. The average Bonchev–Trinajstić information content (AvgIpc) is 2.98. The molecular weight excluding hydrogens is 534 g/mol. The molecule has 4 N–H and O–H groups in total. The number of amides is 3. The molecule has 3 amide bonds. The highest BCUT2D eigenvalue weighted by molar-refractivity contribution is 5.97. The Labute approximate surface area is 245 Å². The fourth-order valence-electron chi connectivity index (χ4n) is 4.71. The number of hydrogen-bond acceptors (Lipinski definition) is 5. The van der Waals surface area contributed by atoms with Gasteiger partial charge in [-0.25, -0.2) is 4.79 Å². The van der Waals surface area contributed by atoms with Gasteiger partial charge in [0, 0.05) is 18.9 Å². The molecule has 0 fully saturated rings. The van der Waals surface area contributed by atoms with Crippen LogP contribution >= 0.6 is 0 Å². The van der Waals surface area contributed by atoms with E-state index in [0.29, 0.717) is 11.3 Å². The van der Waals surface area contributed by atoms with Crippen LogP contribution in [0.25, 0.3) is 6.08 Å². The second-order valence-corrected chi connectivity index (χ2v) is 10.6. The minimum atomic E-state index is -1.22. The highest BCUT2D eigenvalue weighted by atomic mass is 16.5. The Morgan fingerprint density at radius 2 is 1.57 bits per heavy atom. The summed E-state index contributed by atoms with van der Waals surface area (Å²) < 4.78 is 6.26. The largest absolute Gasteiger partial charge is 0.487 e. The number of hydrogen-bond donors (Lipinski definition) is 4. The Hall–Kier alpha value is -4.92. The third-order valence-corrected chi connectivity index (χ3v) is 6.96. The molecule has 0 radical (unpaired) electrons. The van der Waals surface area contributed by atoms with Crippen LogP contribution in [0, 0.1) is 5.92 Å². The van der Waals surface area contributed by atoms with Crippen LogP contribution < -0.4 is 20.7 Å². The van der Waals surface area contributed by atoms with Gasteiger partial charge in [-0.1, -0.05) is 86.6 Å². The summed E-state index contributed by atoms with van der Waals surface area (Å²) in [5.41, 5.74) is 2.27. The van der Waals surface area contributed by atoms with Crippen molar-refractivity contribution < 1.29 is 29.0 Å². The number of carboxylic acids is 1. The predicted molar refractivity (Wildman–Crippen MR) is 158 cm³/mol. The SMILES string of the molecule is CC(C)C1Oc2ccc(cc2)C[C@@H](C(=O)O)NC(=O)[C@H](Cc2ccccc2)NC(=O)[C@H]1NC(=O)/C=C/c1ccccc1. The van der Waals surface area contributed by atoms with Crippen LogP contribution in [0.2, 0.25) is 0 Å². The van der Waals surface area contributed by atoms with E-state index in [1.54, 1.807) is 30.3 Å². The van der Waals surface area contributed by atoms with E-state index in [1.807, 2.05) is 74.5 Å². The van der Waals surface area contributed by atoms with Gasteiger partial charge in [-0.2, -0.15) is 0 Å². The van der Waals surface area contributed by atoms with Crippen LogP contribution in [0.3, 0.4) is 0 Å². The predicted octanol–water partition coefficient (Wildman–Crippen LogP) is 3.14. The number of nitrogens with one attached hydrogen (secondary N) is 3. The Morgan fingerprint density at radius 3 is 2.19 bits per heavy atom. The number of rotatable bonds is 7. The summed E-state index contributed by atoms with van der Waals surface area (Å²) in [6.07, 6.45) is 2.34. The number of aliphatic carboxylic acids is 1. The lowest BCUT2D eigenvalue weighted by atomic mass is 9.96. The van der Waals surface area contributed by atoms with Crippen LogP contribution in [0.1, 0.15) is 30.5 Å². The normalized spacial score (nSPS) is 21.2. The van der Waals surface area contributed by atoms with Gasteiger partial charge in [0.25, 0.3) is 0 Å². The summed E-state index contributed by atoms with van der Waals surface area (Å²) in [6, 6.07) is 21.6. The van der Waals surface area contributed by atoms with Crippen LogP contribution in [0.4, 0.5) is 0 Å². The lowest BCUT2D eigenvalue weighted by Gasteiger charge is -2.32. The molecule has 5 rings (SSSR count). The molecule has 0 spiro atoms. The summed E-state index contributed by atoms with van der Waals surface area (Å²) >= 11 is 0. The van der Waals surface area contributed by atoms with Gasteiger partial charge in [0.1, 0.15) is 30.0 Å². The van der Waals surface area contributed by atoms with E-state index in [1.165, 1.54) is 6.08 Å². The quantitative estimate of drug-likeness (QED) is 0.323. The summed E-state index contributed by atoms with van der Waals surface area (Å²) in [4.78, 5) is 52.5. The highest BCUT2D eigenvalue weighted by Gasteiger charge is 2.37. The molecule has 42 heavy (non-hydrogen) atoms. The molecule has 9 heteroatoms. The number of carbonyl (C=O) groups excluding carboxylic acids is 3. The lowest BCUT2D eigenvalue weighted by molar-refractivity contribution is -0.142. The van der Waals surface area contributed by atoms with Gasteiger partial charge < -0.3 is 25.8 Å². The third-order valence-electron chi connectivity index (χ3n) is 6.96. The molecular formula is C33H35N3O6. The molecule has 2 bridgehead atoms. The Bertz CT molecular complexity index is 1410. The van der Waals surface area contributed by atoms with Crippen LogP contribution in [0.15, 0.2) is 91.0 Å². The maximum Gasteiger partial charge on any atom is 0.326 e. The first-order chi connectivity index (χ1) is 20.2. The van der Waals surface area contributed by atoms with Crippen molar-refractivity contribution in [3.63, 3.8) is 0 Å². The zero-order valence-corrected chi connectivity index (χ0v) is 23.5. The maximum atomic E-state index is 13.9. The molecule has 3 aromatic rings. The fourth-order valence-corrected chi connectivity index (χ4v) is 4.71. The van der Waals surface area contributed by atoms with E-state index in [2.05, 4.69) is 16.0 Å². The second kappa shape index (κ2) is 14.1. The van der Waals surface area contributed by atoms with Gasteiger partial charge in [-0.3, -0.25) is 14.4 Å². The van der Waals surface area contributed by atoms with Gasteiger partial charge in [-0.05, 0) is 40.8 Å². The molecule has 2 aliphatic heterocycles. The smallest absolute Gasteiger partial charge is 0.326 e. The minimum Gasteiger partial charge on any atom is -0.487 e. The topological polar surface area (TPSA) is 134 Å². The monoisotopic (exact) mass is 569 g/mol. The molecule has 0 aliphatic carbocycles. The van der Waals surface area contributed by atoms with Gasteiger partial charge in [0.15, 0.2) is 0 Å². The average molecular weight is 570 g/mol. The molecule has 0 saturated heterocycles. The highest BCUT2D eigenvalue weighted by Crippen LogP contribution is 2.21. The van der Waals surface area contributed by atoms with E-state index in [0.717, 1.165) is 11.1 Å². The molecule has 3 aromatic carbocycles. The van der Waals surface area contributed by atoms with Crippen molar-refractivity contribution in [3.05, 3.63) is 108 Å². The fraction of sp³-hybridized carbons (Fsp3) is 0.273. The van der Waals surface area contributed by atoms with Gasteiger partial charge in [0.2, 0.25) is 17.7 Å². The Kier molecular flexibility index (Phi) is 10.1. The molecule has 0 saturated carbocycles. The first kappa shape index (κ1) is 30.0. The first-order valence-corrected chi connectivity index (χ1v) is 13.9. The van der Waals surface area contributed by atoms with E-state index in [-0.39, 0.29) is 18.8 Å². The van der Waals surface area contributed by atoms with Crippen molar-refractivity contribution in [3.8, 4) is 5.75 Å². The van der Waals surface area contributed by atoms with E-state index in [4.69, 9.17) is 4.74 Å².